The van der Waals surface area contributed by atoms with Crippen molar-refractivity contribution in [3.05, 3.63) is 91.8 Å². The van der Waals surface area contributed by atoms with Gasteiger partial charge in [-0.25, -0.2) is 0 Å². The zero-order valence-electron chi connectivity index (χ0n) is 38.9. The number of rotatable bonds is 24. The van der Waals surface area contributed by atoms with Gasteiger partial charge >= 0.3 is 0 Å². The second kappa shape index (κ2) is 25.6. The summed E-state index contributed by atoms with van der Waals surface area (Å²) in [6, 6.07) is 11.7. The Morgan fingerprint density at radius 1 is 0.882 bits per heavy atom. The van der Waals surface area contributed by atoms with Crippen molar-refractivity contribution >= 4 is 70.2 Å². The highest BCUT2D eigenvalue weighted by Gasteiger charge is 2.40. The predicted molar refractivity (Wildman–Crippen MR) is 257 cm³/mol. The van der Waals surface area contributed by atoms with Crippen LogP contribution in [0.2, 0.25) is 5.02 Å². The van der Waals surface area contributed by atoms with Gasteiger partial charge in [0.25, 0.3) is 12.4 Å². The number of Topliss-reactive ketones (excluding diaryl/α,β-unsaturated/α-hetero) is 1. The molecule has 0 spiro atoms. The number of anilines is 1. The molecule has 0 aliphatic carbocycles. The number of carbonyl (C=O) groups is 6. The standard InChI is InChI=1S/C48H58ClN7O8S.CH2O2/c1-30-31(2)65-48-43(30)44(33-16-18-34(49)19-17-33)51-39(45-54-53-32(3)56(45)48)28-35(57)12-11-23-63-25-27-64-26-24-62-22-9-7-5-4-6-8-15-41(58)50-38-14-10-13-36-37(38)29-55(47(36)61)40-20-21-42(59)52-46(40)60;2-1-3/h10,13-14,16-19,39-40H,4-9,11-12,15,20-29H2,1-3H3,(H,50,58)(H,52,59,60);1H,(H,2,3)/t39-,40?;/m0./s1. The van der Waals surface area contributed by atoms with E-state index in [0.29, 0.717) is 93.0 Å². The van der Waals surface area contributed by atoms with Crippen LogP contribution in [0, 0.1) is 20.8 Å². The van der Waals surface area contributed by atoms with Crippen LogP contribution >= 0.6 is 22.9 Å². The lowest BCUT2D eigenvalue weighted by atomic mass is 9.99. The normalized spacial score (nSPS) is 16.2. The molecule has 2 atom stereocenters. The number of carbonyl (C=O) groups excluding carboxylic acids is 5. The van der Waals surface area contributed by atoms with Crippen molar-refractivity contribution in [2.75, 3.05) is 45.0 Å². The fourth-order valence-electron chi connectivity index (χ4n) is 8.48. The molecule has 3 aliphatic heterocycles. The molecule has 1 saturated heterocycles. The largest absolute Gasteiger partial charge is 0.483 e. The molecular weight excluding hydrogens is 914 g/mol. The van der Waals surface area contributed by atoms with Gasteiger partial charge in [-0.15, -0.1) is 21.5 Å². The number of benzene rings is 2. The highest BCUT2D eigenvalue weighted by atomic mass is 35.5. The number of carboxylic acid groups (broad SMARTS) is 1. The van der Waals surface area contributed by atoms with Crippen LogP contribution in [0.15, 0.2) is 47.5 Å². The molecule has 4 amide bonds. The number of piperidine rings is 1. The number of hydrogen-bond acceptors (Lipinski definition) is 13. The number of imide groups is 1. The van der Waals surface area contributed by atoms with E-state index >= 15 is 0 Å². The monoisotopic (exact) mass is 973 g/mol. The van der Waals surface area contributed by atoms with E-state index in [2.05, 4.69) is 39.2 Å². The lowest BCUT2D eigenvalue weighted by Crippen LogP contribution is -2.52. The van der Waals surface area contributed by atoms with E-state index in [0.717, 1.165) is 71.8 Å². The van der Waals surface area contributed by atoms with Crippen LogP contribution in [-0.2, 0) is 44.7 Å². The highest BCUT2D eigenvalue weighted by Crippen LogP contribution is 2.40. The minimum absolute atomic E-state index is 0.0915. The van der Waals surface area contributed by atoms with Crippen LogP contribution in [-0.4, -0.2) is 112 Å². The number of nitrogens with one attached hydrogen (secondary N) is 2. The number of ether oxygens (including phenoxy) is 3. The molecule has 17 nitrogen and oxygen atoms in total. The molecule has 68 heavy (non-hydrogen) atoms. The Morgan fingerprint density at radius 2 is 1.54 bits per heavy atom. The molecule has 4 aromatic rings. The number of unbranched alkanes of at least 4 members (excludes halogenated alkanes) is 5. The van der Waals surface area contributed by atoms with Crippen molar-refractivity contribution in [3.8, 4) is 5.00 Å². The number of hydrogen-bond donors (Lipinski definition) is 3. The average molecular weight is 975 g/mol. The summed E-state index contributed by atoms with van der Waals surface area (Å²) in [4.78, 5) is 79.3. The fraction of sp³-hybridized carbons (Fsp3) is 0.490. The summed E-state index contributed by atoms with van der Waals surface area (Å²) in [5, 5.41) is 22.7. The van der Waals surface area contributed by atoms with Crippen molar-refractivity contribution in [3.63, 3.8) is 0 Å². The van der Waals surface area contributed by atoms with Crippen LogP contribution < -0.4 is 10.6 Å². The molecule has 19 heteroatoms. The first-order chi connectivity index (χ1) is 32.9. The zero-order chi connectivity index (χ0) is 48.6. The molecule has 7 rings (SSSR count). The number of halogens is 1. The van der Waals surface area contributed by atoms with Gasteiger partial charge in [0.1, 0.15) is 28.7 Å². The first-order valence-electron chi connectivity index (χ1n) is 23.2. The summed E-state index contributed by atoms with van der Waals surface area (Å²) in [5.41, 5.74) is 5.72. The number of ketones is 1. The number of aliphatic imine (C=N–C) groups is 1. The maximum atomic E-state index is 13.3. The maximum Gasteiger partial charge on any atom is 0.290 e. The highest BCUT2D eigenvalue weighted by molar-refractivity contribution is 7.15. The number of aromatic nitrogens is 3. The summed E-state index contributed by atoms with van der Waals surface area (Å²) in [6.45, 7) is 9.13. The maximum absolute atomic E-state index is 13.3. The van der Waals surface area contributed by atoms with Gasteiger partial charge in [-0.1, -0.05) is 55.5 Å². The topological polar surface area (TPSA) is 221 Å². The van der Waals surface area contributed by atoms with Gasteiger partial charge in [-0.3, -0.25) is 43.6 Å². The van der Waals surface area contributed by atoms with E-state index in [4.69, 9.17) is 40.7 Å². The van der Waals surface area contributed by atoms with E-state index in [-0.39, 0.29) is 49.4 Å². The Labute approximate surface area is 405 Å². The molecule has 3 aliphatic rings. The molecule has 5 heterocycles. The van der Waals surface area contributed by atoms with Crippen LogP contribution in [0.3, 0.4) is 0 Å². The van der Waals surface area contributed by atoms with Crippen LogP contribution in [0.5, 0.6) is 0 Å². The molecule has 1 unspecified atom stereocenters. The molecular formula is C49H60ClN7O10S. The number of nitrogens with zero attached hydrogens (tertiary/aromatic N) is 5. The Kier molecular flexibility index (Phi) is 19.5. The lowest BCUT2D eigenvalue weighted by molar-refractivity contribution is -0.137. The molecule has 3 N–H and O–H groups in total. The zero-order valence-corrected chi connectivity index (χ0v) is 40.4. The third kappa shape index (κ3) is 13.5. The van der Waals surface area contributed by atoms with Crippen molar-refractivity contribution in [1.82, 2.24) is 25.0 Å². The van der Waals surface area contributed by atoms with Gasteiger partial charge in [0.05, 0.1) is 32.1 Å². The molecule has 2 aromatic carbocycles. The van der Waals surface area contributed by atoms with E-state index in [1.807, 2.05) is 31.2 Å². The first kappa shape index (κ1) is 51.7. The smallest absolute Gasteiger partial charge is 0.290 e. The lowest BCUT2D eigenvalue weighted by Gasteiger charge is -2.29. The number of thiophene rings is 1. The van der Waals surface area contributed by atoms with Crippen molar-refractivity contribution in [2.24, 2.45) is 4.99 Å². The van der Waals surface area contributed by atoms with E-state index in [9.17, 15) is 24.0 Å². The Hall–Kier alpha value is -5.66. The van der Waals surface area contributed by atoms with Gasteiger partial charge in [-0.05, 0) is 76.3 Å². The van der Waals surface area contributed by atoms with Crippen LogP contribution in [0.25, 0.3) is 5.00 Å². The van der Waals surface area contributed by atoms with Crippen molar-refractivity contribution < 1.29 is 48.1 Å². The average Bonchev–Trinajstić information content (AvgIpc) is 3.93. The molecule has 0 saturated carbocycles. The summed E-state index contributed by atoms with van der Waals surface area (Å²) in [7, 11) is 0. The molecule has 364 valence electrons. The third-order valence-corrected chi connectivity index (χ3v) is 13.5. The molecule has 0 radical (unpaired) electrons. The second-order valence-electron chi connectivity index (χ2n) is 16.8. The molecule has 2 aromatic heterocycles. The minimum atomic E-state index is -0.698. The van der Waals surface area contributed by atoms with Gasteiger partial charge in [-0.2, -0.15) is 0 Å². The predicted octanol–water partition coefficient (Wildman–Crippen LogP) is 7.42. The quantitative estimate of drug-likeness (QED) is 0.0355. The van der Waals surface area contributed by atoms with E-state index in [1.165, 1.54) is 9.78 Å². The van der Waals surface area contributed by atoms with Crippen molar-refractivity contribution in [2.45, 2.75) is 116 Å². The summed E-state index contributed by atoms with van der Waals surface area (Å²) >= 11 is 7.92. The summed E-state index contributed by atoms with van der Waals surface area (Å²) in [5.74, 6) is 0.368. The number of fused-ring (bicyclic) bond motifs is 4. The summed E-state index contributed by atoms with van der Waals surface area (Å²) < 4.78 is 19.2. The van der Waals surface area contributed by atoms with Gasteiger partial charge < -0.3 is 29.5 Å². The fourth-order valence-corrected chi connectivity index (χ4v) is 9.82. The Morgan fingerprint density at radius 3 is 2.25 bits per heavy atom. The Bertz CT molecular complexity index is 2450. The van der Waals surface area contributed by atoms with Gasteiger partial charge in [0.2, 0.25) is 17.7 Å². The van der Waals surface area contributed by atoms with Gasteiger partial charge in [0.15, 0.2) is 5.82 Å². The first-order valence-corrected chi connectivity index (χ1v) is 24.4. The number of amides is 4. The van der Waals surface area contributed by atoms with E-state index < -0.39 is 18.0 Å². The van der Waals surface area contributed by atoms with Crippen molar-refractivity contribution in [1.29, 1.82) is 0 Å². The minimum Gasteiger partial charge on any atom is -0.483 e. The SMILES string of the molecule is Cc1sc2c(c1C)C(c1ccc(Cl)cc1)=N[C@@H](CC(=O)CCCOCCOCCOCCCCCCCCC(=O)Nc1cccc3c1CN(C1CCC(=O)NC1=O)C3=O)c1nnc(C)n1-2.O=CO. The third-order valence-electron chi connectivity index (χ3n) is 12.1. The number of aryl methyl sites for hydroxylation is 2. The molecule has 0 bridgehead atoms. The Balaban J connectivity index is 0.00000247. The van der Waals surface area contributed by atoms with Crippen LogP contribution in [0.1, 0.15) is 132 Å². The second-order valence-corrected chi connectivity index (χ2v) is 18.5. The van der Waals surface area contributed by atoms with E-state index in [1.54, 1.807) is 29.5 Å². The summed E-state index contributed by atoms with van der Waals surface area (Å²) in [6.07, 6.45) is 7.87. The van der Waals surface area contributed by atoms with Gasteiger partial charge in [0, 0.05) is 83.3 Å². The molecule has 1 fully saturated rings. The van der Waals surface area contributed by atoms with Crippen LogP contribution in [0.4, 0.5) is 5.69 Å².